The quantitative estimate of drug-likeness (QED) is 0.164. The number of carbonyl (C=O) groups excluding carboxylic acids is 1. The van der Waals surface area contributed by atoms with E-state index in [9.17, 15) is 13.6 Å². The standard InChI is InChI=1S/C33H28F2N6O2S/c34-33(35)9-13-41(14-10-33)32(44)23-3-4-28(38-19-23)24-15-25-16-26(43-31(25)27(17-24)22-7-11-37-12-8-22)20-40-30(42)6-2-21-1-5-29(36)39-18-21/h1-8,11-12,15-19H,9-10,13-14,20H2,(H2,36,39)(H,40,42). The van der Waals surface area contributed by atoms with E-state index in [0.29, 0.717) is 27.7 Å². The summed E-state index contributed by atoms with van der Waals surface area (Å²) in [5.41, 5.74) is 11.1. The molecule has 1 aliphatic rings. The topological polar surface area (TPSA) is 110 Å². The molecule has 5 heterocycles. The number of anilines is 1. The van der Waals surface area contributed by atoms with Crippen molar-refractivity contribution in [1.82, 2.24) is 25.2 Å². The molecule has 0 radical (unpaired) electrons. The number of fused-ring (bicyclic) bond motifs is 1. The number of nitrogens with two attached hydrogens (primary N) is 1. The molecule has 11 heteroatoms. The lowest BCUT2D eigenvalue weighted by molar-refractivity contribution is -0.116. The van der Waals surface area contributed by atoms with Gasteiger partial charge in [-0.3, -0.25) is 14.8 Å². The van der Waals surface area contributed by atoms with Crippen LogP contribution in [0.25, 0.3) is 39.4 Å². The summed E-state index contributed by atoms with van der Waals surface area (Å²) in [5.74, 6) is -1.92. The Balaban J connectivity index is 1.23. The fourth-order valence-electron chi connectivity index (χ4n) is 5.02. The molecule has 222 valence electrons. The van der Waals surface area contributed by atoms with Crippen LogP contribution >= 0.6 is 12.2 Å². The Labute approximate surface area is 257 Å². The largest absolute Gasteiger partial charge is 0.459 e. The van der Waals surface area contributed by atoms with E-state index in [1.54, 1.807) is 43.0 Å². The number of furan rings is 1. The number of likely N-dealkylation sites (tertiary alicyclic amines) is 1. The van der Waals surface area contributed by atoms with Gasteiger partial charge in [-0.05, 0) is 71.8 Å². The van der Waals surface area contributed by atoms with Crippen molar-refractivity contribution in [2.24, 2.45) is 0 Å². The van der Waals surface area contributed by atoms with Crippen LogP contribution < -0.4 is 11.1 Å². The van der Waals surface area contributed by atoms with Crippen LogP contribution in [0.4, 0.5) is 14.6 Å². The van der Waals surface area contributed by atoms with Crippen LogP contribution in [-0.4, -0.2) is 49.8 Å². The average molecular weight is 611 g/mol. The van der Waals surface area contributed by atoms with Crippen LogP contribution in [0.15, 0.2) is 89.9 Å². The monoisotopic (exact) mass is 610 g/mol. The fraction of sp³-hybridized carbons (Fsp3) is 0.182. The first-order valence-corrected chi connectivity index (χ1v) is 14.4. The molecular weight excluding hydrogens is 582 g/mol. The van der Waals surface area contributed by atoms with Gasteiger partial charge in [0.1, 0.15) is 22.1 Å². The van der Waals surface area contributed by atoms with Crippen LogP contribution in [-0.2, 0) is 11.3 Å². The van der Waals surface area contributed by atoms with Crippen molar-refractivity contribution in [2.75, 3.05) is 18.8 Å². The third-order valence-corrected chi connectivity index (χ3v) is 7.91. The molecule has 0 unspecified atom stereocenters. The van der Waals surface area contributed by atoms with Gasteiger partial charge in [-0.2, -0.15) is 0 Å². The number of halogens is 2. The summed E-state index contributed by atoms with van der Waals surface area (Å²) in [4.78, 5) is 27.6. The molecule has 0 bridgehead atoms. The van der Waals surface area contributed by atoms with Gasteiger partial charge in [-0.25, -0.2) is 13.8 Å². The molecule has 1 amide bonds. The van der Waals surface area contributed by atoms with E-state index in [1.807, 2.05) is 47.4 Å². The molecule has 1 saturated heterocycles. The number of thiocarbonyl (C=S) groups is 1. The fourth-order valence-corrected chi connectivity index (χ4v) is 5.32. The third-order valence-electron chi connectivity index (χ3n) is 7.42. The van der Waals surface area contributed by atoms with E-state index >= 15 is 0 Å². The Morgan fingerprint density at radius 2 is 1.82 bits per heavy atom. The molecule has 0 saturated carbocycles. The molecule has 44 heavy (non-hydrogen) atoms. The average Bonchev–Trinajstić information content (AvgIpc) is 3.46. The van der Waals surface area contributed by atoms with E-state index < -0.39 is 5.92 Å². The van der Waals surface area contributed by atoms with Gasteiger partial charge < -0.3 is 20.4 Å². The maximum absolute atomic E-state index is 13.6. The number of pyridine rings is 3. The number of amides is 1. The minimum absolute atomic E-state index is 0.190. The minimum Gasteiger partial charge on any atom is -0.459 e. The number of piperidine rings is 1. The van der Waals surface area contributed by atoms with Crippen LogP contribution in [0, 0.1) is 0 Å². The van der Waals surface area contributed by atoms with Gasteiger partial charge in [-0.1, -0.05) is 12.2 Å². The normalized spacial score (nSPS) is 14.6. The second kappa shape index (κ2) is 12.3. The van der Waals surface area contributed by atoms with Crippen molar-refractivity contribution in [1.29, 1.82) is 0 Å². The summed E-state index contributed by atoms with van der Waals surface area (Å²) >= 11 is 5.60. The molecule has 4 aromatic heterocycles. The zero-order valence-electron chi connectivity index (χ0n) is 23.5. The van der Waals surface area contributed by atoms with E-state index in [4.69, 9.17) is 22.4 Å². The maximum atomic E-state index is 13.6. The van der Waals surface area contributed by atoms with Crippen LogP contribution in [0.2, 0.25) is 0 Å². The number of nitrogens with one attached hydrogen (secondary N) is 1. The highest BCUT2D eigenvalue weighted by molar-refractivity contribution is 7.80. The number of benzene rings is 1. The van der Waals surface area contributed by atoms with Gasteiger partial charge in [0.15, 0.2) is 0 Å². The molecule has 0 atom stereocenters. The van der Waals surface area contributed by atoms with Gasteiger partial charge in [0.05, 0.1) is 12.2 Å². The Morgan fingerprint density at radius 3 is 2.52 bits per heavy atom. The summed E-state index contributed by atoms with van der Waals surface area (Å²) in [5, 5.41) is 3.70. The van der Waals surface area contributed by atoms with E-state index in [0.717, 1.165) is 33.3 Å². The maximum Gasteiger partial charge on any atom is 0.251 e. The second-order valence-corrected chi connectivity index (χ2v) is 10.9. The van der Waals surface area contributed by atoms with Crippen molar-refractivity contribution in [3.05, 3.63) is 102 Å². The number of hydrogen-bond donors (Lipinski definition) is 2. The molecule has 6 rings (SSSR count). The molecule has 3 N–H and O–H groups in total. The highest BCUT2D eigenvalue weighted by Crippen LogP contribution is 2.36. The van der Waals surface area contributed by atoms with E-state index in [1.165, 1.54) is 6.08 Å². The van der Waals surface area contributed by atoms with E-state index in [2.05, 4.69) is 20.3 Å². The molecule has 0 spiro atoms. The second-order valence-electron chi connectivity index (χ2n) is 10.5. The van der Waals surface area contributed by atoms with Crippen LogP contribution in [0.3, 0.4) is 0 Å². The number of nitrogens with zero attached hydrogens (tertiary/aromatic N) is 4. The smallest absolute Gasteiger partial charge is 0.251 e. The van der Waals surface area contributed by atoms with Crippen molar-refractivity contribution in [2.45, 2.75) is 25.3 Å². The SMILES string of the molecule is Nc1ccc(C=CC(=O)NCc2cc3cc(-c4ccc(C(=S)N5CCC(F)(F)CC5)cn4)cc(-c4ccncc4)c3o2)cn1. The van der Waals surface area contributed by atoms with Gasteiger partial charge in [0, 0.05) is 78.9 Å². The van der Waals surface area contributed by atoms with Gasteiger partial charge in [0.2, 0.25) is 5.91 Å². The lowest BCUT2D eigenvalue weighted by atomic mass is 9.99. The molecule has 5 aromatic rings. The lowest BCUT2D eigenvalue weighted by Crippen LogP contribution is -2.42. The van der Waals surface area contributed by atoms with Gasteiger partial charge in [-0.15, -0.1) is 0 Å². The van der Waals surface area contributed by atoms with Crippen molar-refractivity contribution in [3.8, 4) is 22.4 Å². The lowest BCUT2D eigenvalue weighted by Gasteiger charge is -2.33. The van der Waals surface area contributed by atoms with Gasteiger partial charge in [0.25, 0.3) is 5.92 Å². The van der Waals surface area contributed by atoms with Crippen molar-refractivity contribution < 1.29 is 18.0 Å². The van der Waals surface area contributed by atoms with E-state index in [-0.39, 0.29) is 38.4 Å². The Morgan fingerprint density at radius 1 is 1.02 bits per heavy atom. The highest BCUT2D eigenvalue weighted by atomic mass is 32.1. The highest BCUT2D eigenvalue weighted by Gasteiger charge is 2.34. The summed E-state index contributed by atoms with van der Waals surface area (Å²) in [7, 11) is 0. The predicted molar refractivity (Wildman–Crippen MR) is 170 cm³/mol. The summed E-state index contributed by atoms with van der Waals surface area (Å²) in [6.45, 7) is 0.633. The Kier molecular flexibility index (Phi) is 8.12. The molecule has 1 aromatic carbocycles. The third kappa shape index (κ3) is 6.63. The van der Waals surface area contributed by atoms with Crippen LogP contribution in [0.1, 0.15) is 29.7 Å². The minimum atomic E-state index is -2.63. The van der Waals surface area contributed by atoms with Crippen molar-refractivity contribution in [3.63, 3.8) is 0 Å². The number of rotatable bonds is 7. The molecule has 0 aliphatic carbocycles. The zero-order chi connectivity index (χ0) is 30.7. The van der Waals surface area contributed by atoms with Gasteiger partial charge >= 0.3 is 0 Å². The molecular formula is C33H28F2N6O2S. The zero-order valence-corrected chi connectivity index (χ0v) is 24.4. The number of alkyl halides is 2. The molecule has 1 fully saturated rings. The summed E-state index contributed by atoms with van der Waals surface area (Å²) in [6, 6.07) is 16.9. The first-order valence-electron chi connectivity index (χ1n) is 14.0. The summed E-state index contributed by atoms with van der Waals surface area (Å²) < 4.78 is 33.4. The summed E-state index contributed by atoms with van der Waals surface area (Å²) in [6.07, 6.45) is 9.38. The first-order chi connectivity index (χ1) is 21.2. The van der Waals surface area contributed by atoms with Crippen LogP contribution in [0.5, 0.6) is 0 Å². The van der Waals surface area contributed by atoms with Crippen molar-refractivity contribution >= 4 is 46.0 Å². The number of nitrogen functional groups attached to an aromatic ring is 1. The predicted octanol–water partition coefficient (Wildman–Crippen LogP) is 6.27. The Hall–Kier alpha value is -5.03. The number of carbonyl (C=O) groups is 1. The number of aromatic nitrogens is 3. The molecule has 1 aliphatic heterocycles. The number of hydrogen-bond acceptors (Lipinski definition) is 7. The first kappa shape index (κ1) is 29.1. The molecule has 8 nitrogen and oxygen atoms in total. The Bertz CT molecular complexity index is 1830.